The number of ether oxygens (including phenoxy) is 1. The van der Waals surface area contributed by atoms with E-state index >= 15 is 0 Å². The van der Waals surface area contributed by atoms with E-state index in [-0.39, 0.29) is 5.75 Å². The Kier molecular flexibility index (Phi) is 5.28. The van der Waals surface area contributed by atoms with Crippen molar-refractivity contribution in [1.29, 1.82) is 0 Å². The normalized spacial score (nSPS) is 11.3. The van der Waals surface area contributed by atoms with Crippen LogP contribution >= 0.6 is 11.8 Å². The number of hydrogen-bond acceptors (Lipinski definition) is 3. The summed E-state index contributed by atoms with van der Waals surface area (Å²) in [5, 5.41) is 10.0. The lowest BCUT2D eigenvalue weighted by Crippen LogP contribution is -1.98. The molecule has 0 atom stereocenters. The van der Waals surface area contributed by atoms with Gasteiger partial charge in [-0.2, -0.15) is 0 Å². The van der Waals surface area contributed by atoms with Gasteiger partial charge in [0, 0.05) is 22.0 Å². The number of carboxylic acid groups (broad SMARTS) is 1. The molecule has 0 aliphatic rings. The summed E-state index contributed by atoms with van der Waals surface area (Å²) in [6, 6.07) is 10.0. The lowest BCUT2D eigenvalue weighted by atomic mass is 10.0. The van der Waals surface area contributed by atoms with Gasteiger partial charge in [-0.25, -0.2) is 0 Å². The summed E-state index contributed by atoms with van der Waals surface area (Å²) in [4.78, 5) is 15.0. The van der Waals surface area contributed by atoms with Crippen molar-refractivity contribution in [3.8, 4) is 11.5 Å². The molecule has 0 radical (unpaired) electrons. The van der Waals surface area contributed by atoms with E-state index in [1.807, 2.05) is 38.1 Å². The van der Waals surface area contributed by atoms with E-state index in [2.05, 4.69) is 31.1 Å². The molecule has 136 valence electrons. The number of aromatic nitrogens is 1. The molecule has 3 rings (SSSR count). The molecule has 5 heteroatoms. The van der Waals surface area contributed by atoms with Gasteiger partial charge in [-0.1, -0.05) is 13.8 Å². The molecule has 0 amide bonds. The van der Waals surface area contributed by atoms with Crippen LogP contribution in [0.1, 0.15) is 36.5 Å². The zero-order valence-corrected chi connectivity index (χ0v) is 16.2. The van der Waals surface area contributed by atoms with Gasteiger partial charge in [0.05, 0.1) is 5.75 Å². The van der Waals surface area contributed by atoms with Crippen LogP contribution in [0.3, 0.4) is 0 Å². The molecule has 2 N–H and O–H groups in total. The van der Waals surface area contributed by atoms with Crippen molar-refractivity contribution >= 4 is 28.6 Å². The monoisotopic (exact) mass is 369 g/mol. The first-order chi connectivity index (χ1) is 12.3. The number of aryl methyl sites for hydroxylation is 2. The Morgan fingerprint density at radius 1 is 1.19 bits per heavy atom. The third kappa shape index (κ3) is 3.88. The maximum Gasteiger partial charge on any atom is 0.313 e. The molecule has 3 aromatic rings. The summed E-state index contributed by atoms with van der Waals surface area (Å²) >= 11 is 1.32. The van der Waals surface area contributed by atoms with Crippen LogP contribution in [0.15, 0.2) is 41.4 Å². The number of nitrogens with one attached hydrogen (secondary N) is 1. The van der Waals surface area contributed by atoms with Crippen molar-refractivity contribution in [1.82, 2.24) is 4.98 Å². The summed E-state index contributed by atoms with van der Waals surface area (Å²) in [6.07, 6.45) is 2.06. The van der Waals surface area contributed by atoms with Crippen LogP contribution in [-0.4, -0.2) is 21.8 Å². The molecule has 0 fully saturated rings. The predicted molar refractivity (Wildman–Crippen MR) is 107 cm³/mol. The Morgan fingerprint density at radius 3 is 2.50 bits per heavy atom. The van der Waals surface area contributed by atoms with E-state index in [1.165, 1.54) is 22.7 Å². The molecule has 1 aromatic heterocycles. The Hall–Kier alpha value is -2.40. The largest absolute Gasteiger partial charge is 0.481 e. The molecule has 0 spiro atoms. The second-order valence-corrected chi connectivity index (χ2v) is 7.83. The topological polar surface area (TPSA) is 62.3 Å². The molecule has 0 bridgehead atoms. The van der Waals surface area contributed by atoms with E-state index in [0.717, 1.165) is 33.0 Å². The Balaban J connectivity index is 1.89. The highest BCUT2D eigenvalue weighted by Gasteiger charge is 2.12. The fraction of sp³-hybridized carbons (Fsp3) is 0.286. The maximum atomic E-state index is 10.8. The smallest absolute Gasteiger partial charge is 0.313 e. The summed E-state index contributed by atoms with van der Waals surface area (Å²) in [5.74, 6) is 1.31. The predicted octanol–water partition coefficient (Wildman–Crippen LogP) is 5.88. The van der Waals surface area contributed by atoms with Crippen LogP contribution in [0, 0.1) is 13.8 Å². The lowest BCUT2D eigenvalue weighted by molar-refractivity contribution is -0.133. The molecule has 4 nitrogen and oxygen atoms in total. The molecular weight excluding hydrogens is 346 g/mol. The van der Waals surface area contributed by atoms with Crippen LogP contribution in [0.2, 0.25) is 0 Å². The van der Waals surface area contributed by atoms with E-state index in [1.54, 1.807) is 0 Å². The van der Waals surface area contributed by atoms with E-state index < -0.39 is 5.97 Å². The molecule has 0 saturated heterocycles. The number of rotatable bonds is 6. The highest BCUT2D eigenvalue weighted by molar-refractivity contribution is 8.00. The average molecular weight is 369 g/mol. The molecular formula is C21H23NO3S. The standard InChI is InChI=1S/C21H23NO3S/c1-12(2)18-10-22-19-6-5-15(9-17(18)19)25-21-13(3)7-16(8-14(21)4)26-11-20(23)24/h5-10,12,22H,11H2,1-4H3,(H,23,24). The zero-order valence-electron chi connectivity index (χ0n) is 15.4. The quantitative estimate of drug-likeness (QED) is 0.533. The van der Waals surface area contributed by atoms with Gasteiger partial charge in [-0.05, 0) is 66.8 Å². The van der Waals surface area contributed by atoms with Gasteiger partial charge in [0.25, 0.3) is 0 Å². The number of aliphatic carboxylic acids is 1. The maximum absolute atomic E-state index is 10.8. The van der Waals surface area contributed by atoms with Crippen molar-refractivity contribution in [3.63, 3.8) is 0 Å². The lowest BCUT2D eigenvalue weighted by Gasteiger charge is -2.14. The van der Waals surface area contributed by atoms with Gasteiger partial charge >= 0.3 is 5.97 Å². The van der Waals surface area contributed by atoms with Crippen LogP contribution in [0.4, 0.5) is 0 Å². The van der Waals surface area contributed by atoms with Crippen LogP contribution in [-0.2, 0) is 4.79 Å². The fourth-order valence-electron chi connectivity index (χ4n) is 3.08. The second kappa shape index (κ2) is 7.46. The zero-order chi connectivity index (χ0) is 18.8. The van der Waals surface area contributed by atoms with Crippen molar-refractivity contribution < 1.29 is 14.6 Å². The molecule has 0 unspecified atom stereocenters. The van der Waals surface area contributed by atoms with Crippen molar-refractivity contribution in [2.45, 2.75) is 38.5 Å². The summed E-state index contributed by atoms with van der Waals surface area (Å²) < 4.78 is 6.19. The number of H-pyrrole nitrogens is 1. The number of aromatic amines is 1. The number of benzene rings is 2. The number of hydrogen-bond donors (Lipinski definition) is 2. The van der Waals surface area contributed by atoms with E-state index in [0.29, 0.717) is 5.92 Å². The molecule has 2 aromatic carbocycles. The number of carbonyl (C=O) groups is 1. The number of carboxylic acids is 1. The Labute approximate surface area is 157 Å². The van der Waals surface area contributed by atoms with Crippen LogP contribution < -0.4 is 4.74 Å². The second-order valence-electron chi connectivity index (χ2n) is 6.78. The fourth-order valence-corrected chi connectivity index (χ4v) is 3.89. The molecule has 0 saturated carbocycles. The highest BCUT2D eigenvalue weighted by Crippen LogP contribution is 2.35. The SMILES string of the molecule is Cc1cc(SCC(=O)O)cc(C)c1Oc1ccc2[nH]cc(C(C)C)c2c1. The molecule has 1 heterocycles. The van der Waals surface area contributed by atoms with Gasteiger partial charge in [-0.15, -0.1) is 11.8 Å². The number of thioether (sulfide) groups is 1. The third-order valence-corrected chi connectivity index (χ3v) is 5.28. The van der Waals surface area contributed by atoms with E-state index in [9.17, 15) is 4.79 Å². The molecule has 0 aliphatic heterocycles. The van der Waals surface area contributed by atoms with Gasteiger partial charge < -0.3 is 14.8 Å². The Bertz CT molecular complexity index is 936. The van der Waals surface area contributed by atoms with Gasteiger partial charge in [-0.3, -0.25) is 4.79 Å². The minimum atomic E-state index is -0.814. The minimum Gasteiger partial charge on any atom is -0.481 e. The van der Waals surface area contributed by atoms with Gasteiger partial charge in [0.1, 0.15) is 11.5 Å². The van der Waals surface area contributed by atoms with Gasteiger partial charge in [0.15, 0.2) is 0 Å². The minimum absolute atomic E-state index is 0.0568. The average Bonchev–Trinajstić information content (AvgIpc) is 2.99. The Morgan fingerprint density at radius 2 is 1.88 bits per heavy atom. The first-order valence-electron chi connectivity index (χ1n) is 8.60. The number of fused-ring (bicyclic) bond motifs is 1. The highest BCUT2D eigenvalue weighted by atomic mass is 32.2. The first-order valence-corrected chi connectivity index (χ1v) is 9.58. The van der Waals surface area contributed by atoms with Gasteiger partial charge in [0.2, 0.25) is 0 Å². The summed E-state index contributed by atoms with van der Waals surface area (Å²) in [7, 11) is 0. The first kappa shape index (κ1) is 18.4. The van der Waals surface area contributed by atoms with Crippen LogP contribution in [0.5, 0.6) is 11.5 Å². The summed E-state index contributed by atoms with van der Waals surface area (Å²) in [5.41, 5.74) is 4.38. The third-order valence-electron chi connectivity index (χ3n) is 4.32. The molecule has 26 heavy (non-hydrogen) atoms. The van der Waals surface area contributed by atoms with Crippen LogP contribution in [0.25, 0.3) is 10.9 Å². The van der Waals surface area contributed by atoms with Crippen molar-refractivity contribution in [3.05, 3.63) is 53.2 Å². The van der Waals surface area contributed by atoms with E-state index in [4.69, 9.17) is 9.84 Å². The summed E-state index contributed by atoms with van der Waals surface area (Å²) in [6.45, 7) is 8.33. The van der Waals surface area contributed by atoms with Crippen molar-refractivity contribution in [2.75, 3.05) is 5.75 Å². The van der Waals surface area contributed by atoms with Crippen molar-refractivity contribution in [2.24, 2.45) is 0 Å². The molecule has 0 aliphatic carbocycles.